The van der Waals surface area contributed by atoms with Crippen LogP contribution in [0.4, 0.5) is 0 Å². The first-order chi connectivity index (χ1) is 8.31. The van der Waals surface area contributed by atoms with Gasteiger partial charge in [-0.3, -0.25) is 4.79 Å². The number of benzene rings is 1. The summed E-state index contributed by atoms with van der Waals surface area (Å²) in [6.07, 6.45) is 0. The molecular formula is C13H17NO3. The SMILES string of the molecule is COC(=O)C(CNC1COC1)c1ccccc1. The van der Waals surface area contributed by atoms with Gasteiger partial charge in [-0.05, 0) is 5.56 Å². The third kappa shape index (κ3) is 3.05. The summed E-state index contributed by atoms with van der Waals surface area (Å²) < 4.78 is 9.92. The van der Waals surface area contributed by atoms with Gasteiger partial charge in [0.05, 0.1) is 32.3 Å². The maximum Gasteiger partial charge on any atom is 0.314 e. The molecule has 0 aliphatic carbocycles. The predicted octanol–water partition coefficient (Wildman–Crippen LogP) is 0.932. The first-order valence-corrected chi connectivity index (χ1v) is 5.75. The zero-order chi connectivity index (χ0) is 12.1. The van der Waals surface area contributed by atoms with Gasteiger partial charge in [0, 0.05) is 6.54 Å². The van der Waals surface area contributed by atoms with E-state index in [0.29, 0.717) is 12.6 Å². The van der Waals surface area contributed by atoms with Crippen LogP contribution in [0.1, 0.15) is 11.5 Å². The number of rotatable bonds is 5. The lowest BCUT2D eigenvalue weighted by atomic mass is 9.99. The number of hydrogen-bond acceptors (Lipinski definition) is 4. The molecule has 1 aromatic rings. The minimum absolute atomic E-state index is 0.205. The maximum atomic E-state index is 11.7. The van der Waals surface area contributed by atoms with Crippen molar-refractivity contribution >= 4 is 5.97 Å². The molecule has 0 amide bonds. The molecule has 0 radical (unpaired) electrons. The molecule has 1 aromatic carbocycles. The van der Waals surface area contributed by atoms with E-state index in [1.165, 1.54) is 7.11 Å². The van der Waals surface area contributed by atoms with Crippen molar-refractivity contribution in [2.45, 2.75) is 12.0 Å². The first kappa shape index (κ1) is 12.1. The summed E-state index contributed by atoms with van der Waals surface area (Å²) in [5, 5.41) is 3.31. The van der Waals surface area contributed by atoms with Crippen molar-refractivity contribution in [2.24, 2.45) is 0 Å². The largest absolute Gasteiger partial charge is 0.469 e. The van der Waals surface area contributed by atoms with Crippen LogP contribution in [0.3, 0.4) is 0 Å². The molecule has 0 spiro atoms. The van der Waals surface area contributed by atoms with E-state index in [0.717, 1.165) is 18.8 Å². The Morgan fingerprint density at radius 3 is 2.71 bits per heavy atom. The monoisotopic (exact) mass is 235 g/mol. The van der Waals surface area contributed by atoms with Gasteiger partial charge in [0.25, 0.3) is 0 Å². The summed E-state index contributed by atoms with van der Waals surface area (Å²) in [6, 6.07) is 10.0. The maximum absolute atomic E-state index is 11.7. The number of ether oxygens (including phenoxy) is 2. The fourth-order valence-corrected chi connectivity index (χ4v) is 1.80. The van der Waals surface area contributed by atoms with Crippen LogP contribution in [-0.2, 0) is 14.3 Å². The van der Waals surface area contributed by atoms with Crippen LogP contribution in [0.15, 0.2) is 30.3 Å². The topological polar surface area (TPSA) is 47.6 Å². The number of hydrogen-bond donors (Lipinski definition) is 1. The number of carbonyl (C=O) groups excluding carboxylic acids is 1. The van der Waals surface area contributed by atoms with E-state index in [1.54, 1.807) is 0 Å². The van der Waals surface area contributed by atoms with E-state index in [2.05, 4.69) is 5.32 Å². The van der Waals surface area contributed by atoms with Crippen LogP contribution in [-0.4, -0.2) is 38.9 Å². The Kier molecular flexibility index (Phi) is 4.12. The highest BCUT2D eigenvalue weighted by atomic mass is 16.5. The molecule has 92 valence electrons. The first-order valence-electron chi connectivity index (χ1n) is 5.75. The van der Waals surface area contributed by atoms with E-state index in [4.69, 9.17) is 9.47 Å². The van der Waals surface area contributed by atoms with Gasteiger partial charge in [-0.15, -0.1) is 0 Å². The Morgan fingerprint density at radius 2 is 2.18 bits per heavy atom. The zero-order valence-electron chi connectivity index (χ0n) is 9.89. The predicted molar refractivity (Wildman–Crippen MR) is 63.8 cm³/mol. The molecule has 4 nitrogen and oxygen atoms in total. The molecule has 1 saturated heterocycles. The van der Waals surface area contributed by atoms with Gasteiger partial charge in [-0.2, -0.15) is 0 Å². The molecule has 0 aromatic heterocycles. The lowest BCUT2D eigenvalue weighted by Crippen LogP contribution is -2.48. The minimum Gasteiger partial charge on any atom is -0.469 e. The number of esters is 1. The highest BCUT2D eigenvalue weighted by Crippen LogP contribution is 2.17. The highest BCUT2D eigenvalue weighted by molar-refractivity contribution is 5.78. The average molecular weight is 235 g/mol. The molecule has 0 saturated carbocycles. The standard InChI is InChI=1S/C13H17NO3/c1-16-13(15)12(7-14-11-8-17-9-11)10-5-3-2-4-6-10/h2-6,11-12,14H,7-9H2,1H3. The lowest BCUT2D eigenvalue weighted by molar-refractivity contribution is -0.142. The highest BCUT2D eigenvalue weighted by Gasteiger charge is 2.24. The van der Waals surface area contributed by atoms with Gasteiger partial charge in [0.1, 0.15) is 0 Å². The van der Waals surface area contributed by atoms with E-state index in [1.807, 2.05) is 30.3 Å². The third-order valence-electron chi connectivity index (χ3n) is 2.94. The average Bonchev–Trinajstić information content (AvgIpc) is 2.32. The van der Waals surface area contributed by atoms with Crippen LogP contribution < -0.4 is 5.32 Å². The molecule has 1 aliphatic heterocycles. The van der Waals surface area contributed by atoms with Crippen molar-refractivity contribution in [3.05, 3.63) is 35.9 Å². The van der Waals surface area contributed by atoms with E-state index >= 15 is 0 Å². The second kappa shape index (κ2) is 5.80. The van der Waals surface area contributed by atoms with Gasteiger partial charge in [0.15, 0.2) is 0 Å². The fraction of sp³-hybridized carbons (Fsp3) is 0.462. The molecule has 0 bridgehead atoms. The second-order valence-corrected chi connectivity index (χ2v) is 4.13. The van der Waals surface area contributed by atoms with Crippen molar-refractivity contribution in [1.82, 2.24) is 5.32 Å². The Morgan fingerprint density at radius 1 is 1.47 bits per heavy atom. The summed E-state index contributed by atoms with van der Waals surface area (Å²) >= 11 is 0. The van der Waals surface area contributed by atoms with E-state index in [-0.39, 0.29) is 11.9 Å². The van der Waals surface area contributed by atoms with Crippen LogP contribution in [0.25, 0.3) is 0 Å². The molecule has 4 heteroatoms. The van der Waals surface area contributed by atoms with Crippen molar-refractivity contribution in [3.63, 3.8) is 0 Å². The molecular weight excluding hydrogens is 218 g/mol. The molecule has 1 atom stereocenters. The van der Waals surface area contributed by atoms with Gasteiger partial charge in [-0.25, -0.2) is 0 Å². The molecule has 1 fully saturated rings. The van der Waals surface area contributed by atoms with Gasteiger partial charge in [-0.1, -0.05) is 30.3 Å². The summed E-state index contributed by atoms with van der Waals surface area (Å²) in [4.78, 5) is 11.7. The third-order valence-corrected chi connectivity index (χ3v) is 2.94. The summed E-state index contributed by atoms with van der Waals surface area (Å²) in [6.45, 7) is 2.04. The summed E-state index contributed by atoms with van der Waals surface area (Å²) in [5.41, 5.74) is 0.979. The van der Waals surface area contributed by atoms with Crippen molar-refractivity contribution in [3.8, 4) is 0 Å². The zero-order valence-corrected chi connectivity index (χ0v) is 9.89. The molecule has 17 heavy (non-hydrogen) atoms. The van der Waals surface area contributed by atoms with Gasteiger partial charge < -0.3 is 14.8 Å². The van der Waals surface area contributed by atoms with Crippen molar-refractivity contribution in [1.29, 1.82) is 0 Å². The molecule has 1 unspecified atom stereocenters. The smallest absolute Gasteiger partial charge is 0.314 e. The van der Waals surface area contributed by atoms with Gasteiger partial charge >= 0.3 is 5.97 Å². The molecule has 1 heterocycles. The Balaban J connectivity index is 1.99. The fourth-order valence-electron chi connectivity index (χ4n) is 1.80. The Labute approximate surface area is 101 Å². The number of nitrogens with one attached hydrogen (secondary N) is 1. The summed E-state index contributed by atoms with van der Waals surface area (Å²) in [5.74, 6) is -0.453. The summed E-state index contributed by atoms with van der Waals surface area (Å²) in [7, 11) is 1.42. The quantitative estimate of drug-likeness (QED) is 0.771. The molecule has 2 rings (SSSR count). The minimum atomic E-state index is -0.248. The van der Waals surface area contributed by atoms with Gasteiger partial charge in [0.2, 0.25) is 0 Å². The van der Waals surface area contributed by atoms with Crippen LogP contribution in [0.5, 0.6) is 0 Å². The lowest BCUT2D eigenvalue weighted by Gasteiger charge is -2.28. The van der Waals surface area contributed by atoms with E-state index in [9.17, 15) is 4.79 Å². The van der Waals surface area contributed by atoms with E-state index < -0.39 is 0 Å². The molecule has 1 aliphatic rings. The molecule has 1 N–H and O–H groups in total. The number of methoxy groups -OCH3 is 1. The second-order valence-electron chi connectivity index (χ2n) is 4.13. The Hall–Kier alpha value is -1.39. The van der Waals surface area contributed by atoms with Crippen LogP contribution in [0.2, 0.25) is 0 Å². The normalized spacial score (nSPS) is 17.2. The van der Waals surface area contributed by atoms with Crippen LogP contribution in [0, 0.1) is 0 Å². The Bertz CT molecular complexity index is 362. The number of carbonyl (C=O) groups is 1. The van der Waals surface area contributed by atoms with Crippen molar-refractivity contribution < 1.29 is 14.3 Å². The van der Waals surface area contributed by atoms with Crippen molar-refractivity contribution in [2.75, 3.05) is 26.9 Å². The van der Waals surface area contributed by atoms with Crippen LogP contribution >= 0.6 is 0 Å².